The van der Waals surface area contributed by atoms with E-state index in [1.165, 1.54) is 0 Å². The van der Waals surface area contributed by atoms with Crippen LogP contribution in [0.4, 0.5) is 0 Å². The van der Waals surface area contributed by atoms with Gasteiger partial charge in [-0.2, -0.15) is 0 Å². The van der Waals surface area contributed by atoms with Crippen molar-refractivity contribution in [3.05, 3.63) is 71.9 Å². The molecule has 2 aromatic carbocycles. The third kappa shape index (κ3) is 3.92. The van der Waals surface area contributed by atoms with Crippen molar-refractivity contribution in [3.63, 3.8) is 0 Å². The number of carbonyl (C=O) groups excluding carboxylic acids is 1. The number of carboxylic acid groups (broad SMARTS) is 1. The summed E-state index contributed by atoms with van der Waals surface area (Å²) in [4.78, 5) is 23.5. The Balaban J connectivity index is 2.03. The smallest absolute Gasteiger partial charge is 0.339 e. The summed E-state index contributed by atoms with van der Waals surface area (Å²) in [6, 6.07) is 19.5. The Morgan fingerprint density at radius 1 is 0.963 bits per heavy atom. The van der Waals surface area contributed by atoms with Crippen LogP contribution in [-0.4, -0.2) is 28.2 Å². The molecule has 1 aromatic heterocycles. The fraction of sp³-hybridized carbons (Fsp3) is 0.182. The first kappa shape index (κ1) is 18.5. The minimum absolute atomic E-state index is 0.221. The number of hydrogen-bond donors (Lipinski definition) is 1. The summed E-state index contributed by atoms with van der Waals surface area (Å²) in [5.74, 6) is -1.41. The Morgan fingerprint density at radius 2 is 1.56 bits per heavy atom. The van der Waals surface area contributed by atoms with Crippen LogP contribution in [0.5, 0.6) is 0 Å². The number of carbonyl (C=O) groups is 2. The average Bonchev–Trinajstić information content (AvgIpc) is 2.99. The van der Waals surface area contributed by atoms with Crippen molar-refractivity contribution in [1.29, 1.82) is 0 Å². The number of esters is 1. The van der Waals surface area contributed by atoms with E-state index >= 15 is 0 Å². The van der Waals surface area contributed by atoms with Crippen LogP contribution in [0.3, 0.4) is 0 Å². The Hall–Kier alpha value is -3.34. The first-order valence-electron chi connectivity index (χ1n) is 8.76. The van der Waals surface area contributed by atoms with Crippen molar-refractivity contribution in [3.8, 4) is 22.4 Å². The molecule has 138 valence electrons. The largest absolute Gasteiger partial charge is 0.480 e. The number of rotatable bonds is 6. The summed E-state index contributed by atoms with van der Waals surface area (Å²) in [6.45, 7) is 3.52. The lowest BCUT2D eigenvalue weighted by Crippen LogP contribution is -2.13. The third-order valence-electron chi connectivity index (χ3n) is 4.44. The Labute approximate surface area is 157 Å². The quantitative estimate of drug-likeness (QED) is 0.660. The summed E-state index contributed by atoms with van der Waals surface area (Å²) in [5.41, 5.74) is 4.66. The predicted molar refractivity (Wildman–Crippen MR) is 104 cm³/mol. The van der Waals surface area contributed by atoms with E-state index in [-0.39, 0.29) is 13.2 Å². The van der Waals surface area contributed by atoms with Crippen molar-refractivity contribution in [2.24, 2.45) is 0 Å². The summed E-state index contributed by atoms with van der Waals surface area (Å²) in [7, 11) is 0. The zero-order valence-corrected chi connectivity index (χ0v) is 15.3. The van der Waals surface area contributed by atoms with Crippen LogP contribution in [0.25, 0.3) is 22.4 Å². The van der Waals surface area contributed by atoms with Crippen LogP contribution < -0.4 is 0 Å². The van der Waals surface area contributed by atoms with Gasteiger partial charge < -0.3 is 14.4 Å². The molecule has 0 unspecified atom stereocenters. The number of aromatic nitrogens is 1. The first-order chi connectivity index (χ1) is 13.0. The van der Waals surface area contributed by atoms with Gasteiger partial charge in [-0.25, -0.2) is 4.79 Å². The lowest BCUT2D eigenvalue weighted by molar-refractivity contribution is -0.137. The second-order valence-electron chi connectivity index (χ2n) is 6.17. The van der Waals surface area contributed by atoms with Crippen LogP contribution in [0, 0.1) is 6.92 Å². The molecule has 27 heavy (non-hydrogen) atoms. The highest BCUT2D eigenvalue weighted by atomic mass is 16.5. The van der Waals surface area contributed by atoms with E-state index in [0.717, 1.165) is 16.7 Å². The van der Waals surface area contributed by atoms with Gasteiger partial charge in [-0.3, -0.25) is 4.79 Å². The van der Waals surface area contributed by atoms with Crippen molar-refractivity contribution in [2.75, 3.05) is 6.61 Å². The summed E-state index contributed by atoms with van der Waals surface area (Å²) >= 11 is 0. The topological polar surface area (TPSA) is 68.5 Å². The monoisotopic (exact) mass is 363 g/mol. The highest BCUT2D eigenvalue weighted by Crippen LogP contribution is 2.29. The molecule has 0 fully saturated rings. The molecule has 0 spiro atoms. The van der Waals surface area contributed by atoms with Gasteiger partial charge in [0.2, 0.25) is 0 Å². The molecule has 3 aromatic rings. The number of hydrogen-bond acceptors (Lipinski definition) is 3. The molecule has 5 nitrogen and oxygen atoms in total. The fourth-order valence-electron chi connectivity index (χ4n) is 3.10. The fourth-order valence-corrected chi connectivity index (χ4v) is 3.10. The summed E-state index contributed by atoms with van der Waals surface area (Å²) in [6.07, 6.45) is 0. The van der Waals surface area contributed by atoms with Crippen LogP contribution in [-0.2, 0) is 16.1 Å². The Kier molecular flexibility index (Phi) is 5.41. The van der Waals surface area contributed by atoms with Gasteiger partial charge >= 0.3 is 11.9 Å². The van der Waals surface area contributed by atoms with Crippen LogP contribution in [0.2, 0.25) is 0 Å². The normalized spacial score (nSPS) is 10.6. The molecule has 1 N–H and O–H groups in total. The second kappa shape index (κ2) is 7.91. The van der Waals surface area contributed by atoms with Crippen molar-refractivity contribution in [1.82, 2.24) is 4.57 Å². The molecule has 0 aliphatic carbocycles. The molecule has 0 amide bonds. The average molecular weight is 363 g/mol. The lowest BCUT2D eigenvalue weighted by Gasteiger charge is -2.10. The zero-order chi connectivity index (χ0) is 19.4. The van der Waals surface area contributed by atoms with Crippen LogP contribution in [0.15, 0.2) is 60.7 Å². The van der Waals surface area contributed by atoms with Crippen LogP contribution in [0.1, 0.15) is 23.0 Å². The van der Waals surface area contributed by atoms with E-state index in [0.29, 0.717) is 17.0 Å². The molecule has 0 atom stereocenters. The molecule has 3 rings (SSSR count). The minimum atomic E-state index is -0.966. The predicted octanol–water partition coefficient (Wildman–Crippen LogP) is 4.39. The summed E-state index contributed by atoms with van der Waals surface area (Å²) < 4.78 is 6.73. The standard InChI is InChI=1S/C22H21NO4/c1-3-27-22(26)19-13-20(23(15(19)2)14-21(24)25)18-11-9-17(10-12-18)16-7-5-4-6-8-16/h4-13H,3,14H2,1-2H3,(H,24,25). The number of carboxylic acids is 1. The maximum Gasteiger partial charge on any atom is 0.339 e. The number of ether oxygens (including phenoxy) is 1. The number of aliphatic carboxylic acids is 1. The first-order valence-corrected chi connectivity index (χ1v) is 8.76. The van der Waals surface area contributed by atoms with Gasteiger partial charge in [0.05, 0.1) is 12.2 Å². The minimum Gasteiger partial charge on any atom is -0.480 e. The number of benzene rings is 2. The maximum absolute atomic E-state index is 12.2. The van der Waals surface area contributed by atoms with Gasteiger partial charge in [0.1, 0.15) is 6.54 Å². The van der Waals surface area contributed by atoms with Crippen molar-refractivity contribution in [2.45, 2.75) is 20.4 Å². The van der Waals surface area contributed by atoms with E-state index < -0.39 is 11.9 Å². The highest BCUT2D eigenvalue weighted by molar-refractivity contribution is 5.93. The molecular weight excluding hydrogens is 342 g/mol. The molecular formula is C22H21NO4. The third-order valence-corrected chi connectivity index (χ3v) is 4.44. The van der Waals surface area contributed by atoms with Gasteiger partial charge in [-0.05, 0) is 36.6 Å². The van der Waals surface area contributed by atoms with Crippen molar-refractivity contribution >= 4 is 11.9 Å². The van der Waals surface area contributed by atoms with E-state index in [1.54, 1.807) is 24.5 Å². The molecule has 0 bridgehead atoms. The summed E-state index contributed by atoms with van der Waals surface area (Å²) in [5, 5.41) is 9.27. The van der Waals surface area contributed by atoms with Crippen LogP contribution >= 0.6 is 0 Å². The zero-order valence-electron chi connectivity index (χ0n) is 15.3. The number of nitrogens with zero attached hydrogens (tertiary/aromatic N) is 1. The molecule has 0 saturated carbocycles. The molecule has 0 aliphatic rings. The Bertz CT molecular complexity index is 956. The van der Waals surface area contributed by atoms with E-state index in [9.17, 15) is 14.7 Å². The van der Waals surface area contributed by atoms with Crippen molar-refractivity contribution < 1.29 is 19.4 Å². The van der Waals surface area contributed by atoms with Gasteiger partial charge in [0.15, 0.2) is 0 Å². The van der Waals surface area contributed by atoms with E-state index in [1.807, 2.05) is 54.6 Å². The van der Waals surface area contributed by atoms with Gasteiger partial charge in [0.25, 0.3) is 0 Å². The molecule has 5 heteroatoms. The SMILES string of the molecule is CCOC(=O)c1cc(-c2ccc(-c3ccccc3)cc2)n(CC(=O)O)c1C. The molecule has 0 radical (unpaired) electrons. The van der Waals surface area contributed by atoms with Gasteiger partial charge in [-0.1, -0.05) is 54.6 Å². The van der Waals surface area contributed by atoms with E-state index in [2.05, 4.69) is 0 Å². The molecule has 0 aliphatic heterocycles. The molecule has 0 saturated heterocycles. The van der Waals surface area contributed by atoms with Gasteiger partial charge in [-0.15, -0.1) is 0 Å². The second-order valence-corrected chi connectivity index (χ2v) is 6.17. The maximum atomic E-state index is 12.2. The Morgan fingerprint density at radius 3 is 2.15 bits per heavy atom. The van der Waals surface area contributed by atoms with E-state index in [4.69, 9.17) is 4.74 Å². The highest BCUT2D eigenvalue weighted by Gasteiger charge is 2.20. The molecule has 1 heterocycles. The lowest BCUT2D eigenvalue weighted by atomic mass is 10.0. The van der Waals surface area contributed by atoms with Gasteiger partial charge in [0, 0.05) is 11.4 Å².